The molecule has 0 amide bonds. The molecule has 1 aromatic heterocycles. The lowest BCUT2D eigenvalue weighted by molar-refractivity contribution is 0.297. The molecule has 114 valence electrons. The maximum atomic E-state index is 12.4. The predicted molar refractivity (Wildman–Crippen MR) is 79.0 cm³/mol. The van der Waals surface area contributed by atoms with Gasteiger partial charge >= 0.3 is 0 Å². The molecule has 1 saturated carbocycles. The summed E-state index contributed by atoms with van der Waals surface area (Å²) < 4.78 is 27.7. The summed E-state index contributed by atoms with van der Waals surface area (Å²) >= 11 is 0. The monoisotopic (exact) mass is 299 g/mol. The van der Waals surface area contributed by atoms with E-state index in [0.717, 1.165) is 31.6 Å². The van der Waals surface area contributed by atoms with Crippen molar-refractivity contribution in [3.63, 3.8) is 0 Å². The quantitative estimate of drug-likeness (QED) is 0.877. The molecule has 0 bridgehead atoms. The highest BCUT2D eigenvalue weighted by atomic mass is 32.2. The van der Waals surface area contributed by atoms with Gasteiger partial charge in [-0.15, -0.1) is 0 Å². The van der Waals surface area contributed by atoms with E-state index < -0.39 is 10.0 Å². The van der Waals surface area contributed by atoms with E-state index in [4.69, 9.17) is 0 Å². The molecule has 0 radical (unpaired) electrons. The van der Waals surface area contributed by atoms with Crippen LogP contribution >= 0.6 is 0 Å². The van der Waals surface area contributed by atoms with Crippen molar-refractivity contribution in [1.82, 2.24) is 14.9 Å². The summed E-state index contributed by atoms with van der Waals surface area (Å²) in [5.74, 6) is 0.776. The molecule has 2 N–H and O–H groups in total. The van der Waals surface area contributed by atoms with E-state index in [0.29, 0.717) is 16.3 Å². The van der Waals surface area contributed by atoms with Crippen LogP contribution in [0.25, 0.3) is 0 Å². The van der Waals surface area contributed by atoms with E-state index in [1.54, 1.807) is 13.8 Å². The van der Waals surface area contributed by atoms with Crippen molar-refractivity contribution >= 4 is 10.0 Å². The molecule has 1 aliphatic carbocycles. The molecule has 20 heavy (non-hydrogen) atoms. The number of aromatic nitrogens is 2. The normalized spacial score (nSPS) is 23.9. The van der Waals surface area contributed by atoms with Gasteiger partial charge in [0, 0.05) is 6.04 Å². The lowest BCUT2D eigenvalue weighted by Gasteiger charge is -2.28. The van der Waals surface area contributed by atoms with E-state index in [1.165, 1.54) is 12.8 Å². The molecule has 1 aromatic rings. The van der Waals surface area contributed by atoms with E-state index in [-0.39, 0.29) is 6.04 Å². The first-order chi connectivity index (χ1) is 9.44. The molecular weight excluding hydrogens is 274 g/mol. The van der Waals surface area contributed by atoms with Gasteiger partial charge in [-0.1, -0.05) is 19.8 Å². The lowest BCUT2D eigenvalue weighted by Crippen LogP contribution is -2.38. The van der Waals surface area contributed by atoms with E-state index in [2.05, 4.69) is 21.8 Å². The summed E-state index contributed by atoms with van der Waals surface area (Å²) in [6, 6.07) is 0.0711. The van der Waals surface area contributed by atoms with Crippen LogP contribution in [0.1, 0.15) is 56.8 Å². The highest BCUT2D eigenvalue weighted by Crippen LogP contribution is 2.29. The number of hydrogen-bond acceptors (Lipinski definition) is 3. The van der Waals surface area contributed by atoms with Crippen molar-refractivity contribution in [2.45, 2.75) is 70.2 Å². The topological polar surface area (TPSA) is 74.8 Å². The Balaban J connectivity index is 2.00. The zero-order valence-electron chi connectivity index (χ0n) is 12.6. The second-order valence-corrected chi connectivity index (χ2v) is 7.54. The Hall–Kier alpha value is -0.880. The summed E-state index contributed by atoms with van der Waals surface area (Å²) in [5.41, 5.74) is 1.14. The molecular formula is C14H25N3O2S. The van der Waals surface area contributed by atoms with Gasteiger partial charge in [0.05, 0.1) is 11.4 Å². The van der Waals surface area contributed by atoms with Gasteiger partial charge in [0.2, 0.25) is 10.0 Å². The molecule has 0 spiro atoms. The second-order valence-electron chi connectivity index (χ2n) is 5.89. The summed E-state index contributed by atoms with van der Waals surface area (Å²) in [7, 11) is -3.45. The first-order valence-electron chi connectivity index (χ1n) is 7.48. The smallest absolute Gasteiger partial charge is 0.244 e. The molecule has 0 atom stereocenters. The van der Waals surface area contributed by atoms with Crippen LogP contribution in [0.4, 0.5) is 0 Å². The molecule has 0 saturated heterocycles. The van der Waals surface area contributed by atoms with E-state index in [1.807, 2.05) is 0 Å². The van der Waals surface area contributed by atoms with Crippen LogP contribution in [0.15, 0.2) is 4.90 Å². The fourth-order valence-corrected chi connectivity index (χ4v) is 4.87. The van der Waals surface area contributed by atoms with Crippen LogP contribution in [0.2, 0.25) is 0 Å². The van der Waals surface area contributed by atoms with Crippen molar-refractivity contribution in [2.75, 3.05) is 0 Å². The van der Waals surface area contributed by atoms with Gasteiger partial charge in [-0.05, 0) is 45.4 Å². The van der Waals surface area contributed by atoms with Gasteiger partial charge in [-0.3, -0.25) is 5.10 Å². The number of sulfonamides is 1. The third-order valence-corrected chi connectivity index (χ3v) is 5.98. The van der Waals surface area contributed by atoms with E-state index >= 15 is 0 Å². The van der Waals surface area contributed by atoms with Gasteiger partial charge in [-0.25, -0.2) is 13.1 Å². The van der Waals surface area contributed by atoms with Crippen molar-refractivity contribution in [1.29, 1.82) is 0 Å². The summed E-state index contributed by atoms with van der Waals surface area (Å²) in [4.78, 5) is 0.313. The largest absolute Gasteiger partial charge is 0.281 e. The minimum atomic E-state index is -3.45. The second kappa shape index (κ2) is 6.26. The van der Waals surface area contributed by atoms with Crippen LogP contribution < -0.4 is 4.72 Å². The molecule has 2 rings (SSSR count). The average molecular weight is 299 g/mol. The minimum absolute atomic E-state index is 0.0711. The SMILES string of the molecule is CCCC1CCC(NS(=O)(=O)c2c(C)n[nH]c2C)CC1. The fraction of sp³-hybridized carbons (Fsp3) is 0.786. The third-order valence-electron chi connectivity index (χ3n) is 4.19. The molecule has 5 nitrogen and oxygen atoms in total. The van der Waals surface area contributed by atoms with Crippen molar-refractivity contribution in [2.24, 2.45) is 5.92 Å². The fourth-order valence-electron chi connectivity index (χ4n) is 3.19. The number of hydrogen-bond donors (Lipinski definition) is 2. The number of rotatable bonds is 5. The van der Waals surface area contributed by atoms with Crippen LogP contribution in [0.3, 0.4) is 0 Å². The first-order valence-corrected chi connectivity index (χ1v) is 8.96. The first kappa shape index (κ1) is 15.5. The summed E-state index contributed by atoms with van der Waals surface area (Å²) in [5, 5.41) is 6.70. The highest BCUT2D eigenvalue weighted by molar-refractivity contribution is 7.89. The number of aryl methyl sites for hydroxylation is 2. The van der Waals surface area contributed by atoms with Crippen LogP contribution in [0, 0.1) is 19.8 Å². The zero-order valence-corrected chi connectivity index (χ0v) is 13.4. The maximum Gasteiger partial charge on any atom is 0.244 e. The molecule has 0 unspecified atom stereocenters. The van der Waals surface area contributed by atoms with Gasteiger partial charge in [-0.2, -0.15) is 5.10 Å². The van der Waals surface area contributed by atoms with Crippen molar-refractivity contribution < 1.29 is 8.42 Å². The standard InChI is InChI=1S/C14H25N3O2S/c1-4-5-12-6-8-13(9-7-12)17-20(18,19)14-10(2)15-16-11(14)3/h12-13,17H,4-9H2,1-3H3,(H,15,16). The van der Waals surface area contributed by atoms with Gasteiger partial charge < -0.3 is 0 Å². The Morgan fingerprint density at radius 3 is 2.40 bits per heavy atom. The predicted octanol–water partition coefficient (Wildman–Crippen LogP) is 2.66. The Kier molecular flexibility index (Phi) is 4.86. The average Bonchev–Trinajstić information content (AvgIpc) is 2.72. The molecule has 1 heterocycles. The Labute approximate surface area is 121 Å². The van der Waals surface area contributed by atoms with E-state index in [9.17, 15) is 8.42 Å². The molecule has 0 aliphatic heterocycles. The molecule has 0 aromatic carbocycles. The lowest BCUT2D eigenvalue weighted by atomic mass is 9.84. The number of nitrogens with zero attached hydrogens (tertiary/aromatic N) is 1. The van der Waals surface area contributed by atoms with Crippen LogP contribution in [-0.4, -0.2) is 24.7 Å². The Bertz CT molecular complexity index is 523. The van der Waals surface area contributed by atoms with Gasteiger partial charge in [0.15, 0.2) is 0 Å². The Morgan fingerprint density at radius 1 is 1.25 bits per heavy atom. The van der Waals surface area contributed by atoms with Crippen molar-refractivity contribution in [3.8, 4) is 0 Å². The molecule has 6 heteroatoms. The summed E-state index contributed by atoms with van der Waals surface area (Å²) in [6.45, 7) is 5.67. The van der Waals surface area contributed by atoms with Crippen molar-refractivity contribution in [3.05, 3.63) is 11.4 Å². The number of aromatic amines is 1. The zero-order chi connectivity index (χ0) is 14.8. The minimum Gasteiger partial charge on any atom is -0.281 e. The molecule has 1 fully saturated rings. The van der Waals surface area contributed by atoms with Crippen LogP contribution in [0.5, 0.6) is 0 Å². The number of nitrogens with one attached hydrogen (secondary N) is 2. The Morgan fingerprint density at radius 2 is 1.90 bits per heavy atom. The maximum absolute atomic E-state index is 12.4. The molecule has 1 aliphatic rings. The number of H-pyrrole nitrogens is 1. The van der Waals surface area contributed by atoms with Gasteiger partial charge in [0.1, 0.15) is 4.90 Å². The van der Waals surface area contributed by atoms with Gasteiger partial charge in [0.25, 0.3) is 0 Å². The third kappa shape index (κ3) is 3.41. The highest BCUT2D eigenvalue weighted by Gasteiger charge is 2.28. The van der Waals surface area contributed by atoms with Crippen LogP contribution in [-0.2, 0) is 10.0 Å². The summed E-state index contributed by atoms with van der Waals surface area (Å²) in [6.07, 6.45) is 6.63.